The summed E-state index contributed by atoms with van der Waals surface area (Å²) in [6.45, 7) is 0.163. The number of carbonyl (C=O) groups is 2. The number of benzene rings is 2. The number of methoxy groups -OCH3 is 2. The smallest absolute Gasteiger partial charge is 0.295 e. The van der Waals surface area contributed by atoms with E-state index in [0.717, 1.165) is 5.56 Å². The van der Waals surface area contributed by atoms with E-state index < -0.39 is 17.7 Å². The first-order valence-electron chi connectivity index (χ1n) is 9.99. The molecule has 0 aliphatic carbocycles. The van der Waals surface area contributed by atoms with Crippen molar-refractivity contribution in [1.82, 2.24) is 9.88 Å². The van der Waals surface area contributed by atoms with Crippen molar-refractivity contribution >= 4 is 17.4 Å². The third kappa shape index (κ3) is 3.92. The zero-order valence-corrected chi connectivity index (χ0v) is 17.7. The molecule has 162 valence electrons. The number of ether oxygens (including phenoxy) is 2. The molecule has 2 heterocycles. The number of hydrogen-bond donors (Lipinski definition) is 1. The number of likely N-dealkylation sites (tertiary alicyclic amines) is 1. The quantitative estimate of drug-likeness (QED) is 0.364. The van der Waals surface area contributed by atoms with Crippen LogP contribution in [0.15, 0.2) is 78.6 Å². The molecule has 0 saturated carbocycles. The number of amides is 1. The SMILES string of the molecule is COc1cccc(CN2C(=O)C(=O)/C(=C(\O)c3cccc(OC)c3)C2c2cccnc2)c1. The summed E-state index contributed by atoms with van der Waals surface area (Å²) in [4.78, 5) is 31.8. The molecule has 1 atom stereocenters. The minimum absolute atomic E-state index is 0.0131. The highest BCUT2D eigenvalue weighted by atomic mass is 16.5. The van der Waals surface area contributed by atoms with Gasteiger partial charge in [-0.25, -0.2) is 0 Å². The van der Waals surface area contributed by atoms with Crippen LogP contribution >= 0.6 is 0 Å². The first kappa shape index (κ1) is 21.1. The summed E-state index contributed by atoms with van der Waals surface area (Å²) >= 11 is 0. The Morgan fingerprint density at radius 1 is 1.00 bits per heavy atom. The normalized spacial score (nSPS) is 17.4. The van der Waals surface area contributed by atoms with E-state index in [2.05, 4.69) is 4.98 Å². The van der Waals surface area contributed by atoms with Crippen molar-refractivity contribution in [3.8, 4) is 11.5 Å². The number of aliphatic hydroxyl groups is 1. The van der Waals surface area contributed by atoms with E-state index in [1.165, 1.54) is 12.0 Å². The molecule has 1 aromatic heterocycles. The Labute approximate surface area is 185 Å². The standard InChI is InChI=1S/C25H22N2O5/c1-31-19-9-3-6-16(12-19)15-27-22(18-8-5-11-26-14-18)21(24(29)25(27)30)23(28)17-7-4-10-20(13-17)32-2/h3-14,22,28H,15H2,1-2H3/b23-21-. The van der Waals surface area contributed by atoms with Crippen LogP contribution in [-0.2, 0) is 16.1 Å². The highest BCUT2D eigenvalue weighted by Crippen LogP contribution is 2.40. The third-order valence-electron chi connectivity index (χ3n) is 5.37. The van der Waals surface area contributed by atoms with Crippen molar-refractivity contribution in [2.75, 3.05) is 14.2 Å². The van der Waals surface area contributed by atoms with E-state index in [0.29, 0.717) is 22.6 Å². The van der Waals surface area contributed by atoms with Crippen LogP contribution in [-0.4, -0.2) is 40.9 Å². The molecule has 7 heteroatoms. The fourth-order valence-electron chi connectivity index (χ4n) is 3.82. The Kier molecular flexibility index (Phi) is 5.89. The van der Waals surface area contributed by atoms with Crippen molar-refractivity contribution in [2.24, 2.45) is 0 Å². The maximum absolute atomic E-state index is 13.1. The topological polar surface area (TPSA) is 89.0 Å². The van der Waals surface area contributed by atoms with E-state index in [4.69, 9.17) is 9.47 Å². The summed E-state index contributed by atoms with van der Waals surface area (Å²) in [5, 5.41) is 11.1. The third-order valence-corrected chi connectivity index (χ3v) is 5.37. The molecule has 1 amide bonds. The van der Waals surface area contributed by atoms with Gasteiger partial charge in [0.25, 0.3) is 11.7 Å². The molecular weight excluding hydrogens is 408 g/mol. The lowest BCUT2D eigenvalue weighted by Crippen LogP contribution is -2.29. The summed E-state index contributed by atoms with van der Waals surface area (Å²) in [6.07, 6.45) is 3.20. The van der Waals surface area contributed by atoms with Gasteiger partial charge in [-0.2, -0.15) is 0 Å². The van der Waals surface area contributed by atoms with Crippen LogP contribution in [0.5, 0.6) is 11.5 Å². The Bertz CT molecular complexity index is 1190. The molecule has 1 fully saturated rings. The maximum Gasteiger partial charge on any atom is 0.295 e. The fourth-order valence-corrected chi connectivity index (χ4v) is 3.82. The van der Waals surface area contributed by atoms with Crippen LogP contribution in [0.1, 0.15) is 22.7 Å². The molecule has 32 heavy (non-hydrogen) atoms. The van der Waals surface area contributed by atoms with Gasteiger partial charge in [0.1, 0.15) is 17.3 Å². The summed E-state index contributed by atoms with van der Waals surface area (Å²) in [5.41, 5.74) is 1.82. The van der Waals surface area contributed by atoms with Crippen LogP contribution in [0.3, 0.4) is 0 Å². The number of carbonyl (C=O) groups excluding carboxylic acids is 2. The molecule has 0 bridgehead atoms. The molecule has 1 saturated heterocycles. The van der Waals surface area contributed by atoms with Gasteiger partial charge in [-0.05, 0) is 41.5 Å². The van der Waals surface area contributed by atoms with Gasteiger partial charge in [0.15, 0.2) is 0 Å². The number of hydrogen-bond acceptors (Lipinski definition) is 6. The van der Waals surface area contributed by atoms with Gasteiger partial charge in [-0.3, -0.25) is 14.6 Å². The lowest BCUT2D eigenvalue weighted by atomic mass is 9.96. The summed E-state index contributed by atoms with van der Waals surface area (Å²) in [5.74, 6) is -0.525. The van der Waals surface area contributed by atoms with Crippen LogP contribution < -0.4 is 9.47 Å². The Morgan fingerprint density at radius 3 is 2.41 bits per heavy atom. The average Bonchev–Trinajstić information content (AvgIpc) is 3.09. The van der Waals surface area contributed by atoms with E-state index in [1.54, 1.807) is 62.0 Å². The first-order chi connectivity index (χ1) is 15.5. The second-order valence-corrected chi connectivity index (χ2v) is 7.30. The molecule has 1 aliphatic rings. The molecular formula is C25H22N2O5. The van der Waals surface area contributed by atoms with Crippen molar-refractivity contribution in [3.63, 3.8) is 0 Å². The molecule has 2 aromatic carbocycles. The number of ketones is 1. The van der Waals surface area contributed by atoms with Crippen LogP contribution in [0, 0.1) is 0 Å². The highest BCUT2D eigenvalue weighted by Gasteiger charge is 2.46. The minimum Gasteiger partial charge on any atom is -0.507 e. The summed E-state index contributed by atoms with van der Waals surface area (Å²) in [7, 11) is 3.08. The number of aromatic nitrogens is 1. The molecule has 0 radical (unpaired) electrons. The van der Waals surface area contributed by atoms with E-state index in [-0.39, 0.29) is 17.9 Å². The van der Waals surface area contributed by atoms with Gasteiger partial charge in [0.05, 0.1) is 25.8 Å². The van der Waals surface area contributed by atoms with Gasteiger partial charge in [-0.1, -0.05) is 30.3 Å². The van der Waals surface area contributed by atoms with Crippen LogP contribution in [0.2, 0.25) is 0 Å². The fraction of sp³-hybridized carbons (Fsp3) is 0.160. The molecule has 3 aromatic rings. The van der Waals surface area contributed by atoms with Crippen LogP contribution in [0.25, 0.3) is 5.76 Å². The number of nitrogens with zero attached hydrogens (tertiary/aromatic N) is 2. The zero-order chi connectivity index (χ0) is 22.7. The van der Waals surface area contributed by atoms with Gasteiger partial charge in [0.2, 0.25) is 0 Å². The van der Waals surface area contributed by atoms with Crippen molar-refractivity contribution < 1.29 is 24.2 Å². The second-order valence-electron chi connectivity index (χ2n) is 7.30. The van der Waals surface area contributed by atoms with E-state index >= 15 is 0 Å². The molecule has 1 N–H and O–H groups in total. The maximum atomic E-state index is 13.1. The highest BCUT2D eigenvalue weighted by molar-refractivity contribution is 6.46. The van der Waals surface area contributed by atoms with Gasteiger partial charge in [0, 0.05) is 24.5 Å². The van der Waals surface area contributed by atoms with Crippen LogP contribution in [0.4, 0.5) is 0 Å². The first-order valence-corrected chi connectivity index (χ1v) is 9.99. The number of rotatable bonds is 6. The molecule has 0 spiro atoms. The van der Waals surface area contributed by atoms with E-state index in [1.807, 2.05) is 18.2 Å². The predicted octanol–water partition coefficient (Wildman–Crippen LogP) is 3.72. The minimum atomic E-state index is -0.791. The van der Waals surface area contributed by atoms with Gasteiger partial charge >= 0.3 is 0 Å². The van der Waals surface area contributed by atoms with Gasteiger partial charge < -0.3 is 19.5 Å². The largest absolute Gasteiger partial charge is 0.507 e. The monoisotopic (exact) mass is 430 g/mol. The summed E-state index contributed by atoms with van der Waals surface area (Å²) in [6, 6.07) is 16.7. The average molecular weight is 430 g/mol. The Balaban J connectivity index is 1.84. The van der Waals surface area contributed by atoms with Crippen molar-refractivity contribution in [3.05, 3.63) is 95.3 Å². The lowest BCUT2D eigenvalue weighted by molar-refractivity contribution is -0.140. The van der Waals surface area contributed by atoms with E-state index in [9.17, 15) is 14.7 Å². The van der Waals surface area contributed by atoms with Crippen molar-refractivity contribution in [1.29, 1.82) is 0 Å². The van der Waals surface area contributed by atoms with Gasteiger partial charge in [-0.15, -0.1) is 0 Å². The second kappa shape index (κ2) is 8.93. The number of aliphatic hydroxyl groups excluding tert-OH is 1. The number of Topliss-reactive ketones (excluding diaryl/α,β-unsaturated/α-hetero) is 1. The molecule has 1 aliphatic heterocycles. The van der Waals surface area contributed by atoms with Crippen molar-refractivity contribution in [2.45, 2.75) is 12.6 Å². The number of pyridine rings is 1. The zero-order valence-electron chi connectivity index (χ0n) is 17.7. The Morgan fingerprint density at radius 2 is 1.72 bits per heavy atom. The predicted molar refractivity (Wildman–Crippen MR) is 118 cm³/mol. The summed E-state index contributed by atoms with van der Waals surface area (Å²) < 4.78 is 10.5. The Hall–Kier alpha value is -4.13. The lowest BCUT2D eigenvalue weighted by Gasteiger charge is -2.25. The molecule has 4 rings (SSSR count). The molecule has 1 unspecified atom stereocenters. The molecule has 7 nitrogen and oxygen atoms in total.